The maximum Gasteiger partial charge on any atom is 0.0198 e. The summed E-state index contributed by atoms with van der Waals surface area (Å²) >= 11 is 0. The molecule has 94 valence electrons. The number of nitrogens with zero attached hydrogens (tertiary/aromatic N) is 1. The molecule has 16 heavy (non-hydrogen) atoms. The highest BCUT2D eigenvalue weighted by Crippen LogP contribution is 2.21. The molecule has 2 heteroatoms. The van der Waals surface area contributed by atoms with Crippen LogP contribution in [-0.2, 0) is 0 Å². The van der Waals surface area contributed by atoms with Crippen molar-refractivity contribution < 1.29 is 0 Å². The molecular formula is C14H28N2. The number of hydrogen-bond donors (Lipinski definition) is 1. The zero-order valence-corrected chi connectivity index (χ0v) is 11.0. The Labute approximate surface area is 101 Å². The van der Waals surface area contributed by atoms with E-state index >= 15 is 0 Å². The highest BCUT2D eigenvalue weighted by atomic mass is 15.2. The molecule has 2 rings (SSSR count). The minimum absolute atomic E-state index is 0.769. The van der Waals surface area contributed by atoms with Gasteiger partial charge in [-0.25, -0.2) is 0 Å². The van der Waals surface area contributed by atoms with Gasteiger partial charge in [-0.05, 0) is 45.6 Å². The van der Waals surface area contributed by atoms with Gasteiger partial charge in [-0.3, -0.25) is 4.90 Å². The number of hydrogen-bond acceptors (Lipinski definition) is 2. The van der Waals surface area contributed by atoms with Gasteiger partial charge < -0.3 is 5.32 Å². The minimum Gasteiger partial charge on any atom is -0.310 e. The molecule has 0 spiro atoms. The van der Waals surface area contributed by atoms with Crippen LogP contribution in [0.4, 0.5) is 0 Å². The van der Waals surface area contributed by atoms with Crippen LogP contribution in [-0.4, -0.2) is 36.1 Å². The van der Waals surface area contributed by atoms with E-state index in [1.807, 2.05) is 0 Å². The van der Waals surface area contributed by atoms with E-state index in [-0.39, 0.29) is 0 Å². The Morgan fingerprint density at radius 3 is 2.50 bits per heavy atom. The van der Waals surface area contributed by atoms with E-state index in [4.69, 9.17) is 0 Å². The van der Waals surface area contributed by atoms with Crippen molar-refractivity contribution in [3.63, 3.8) is 0 Å². The monoisotopic (exact) mass is 224 g/mol. The van der Waals surface area contributed by atoms with Gasteiger partial charge in [0.1, 0.15) is 0 Å². The minimum atomic E-state index is 0.769. The van der Waals surface area contributed by atoms with Crippen LogP contribution in [0.2, 0.25) is 0 Å². The second-order valence-electron chi connectivity index (χ2n) is 5.74. The summed E-state index contributed by atoms with van der Waals surface area (Å²) in [6, 6.07) is 2.38. The van der Waals surface area contributed by atoms with Gasteiger partial charge in [0.15, 0.2) is 0 Å². The molecule has 0 aromatic rings. The van der Waals surface area contributed by atoms with Gasteiger partial charge in [0.05, 0.1) is 0 Å². The second-order valence-corrected chi connectivity index (χ2v) is 5.74. The van der Waals surface area contributed by atoms with E-state index in [0.29, 0.717) is 0 Å². The maximum absolute atomic E-state index is 3.89. The average Bonchev–Trinajstić information content (AvgIpc) is 2.81. The molecule has 0 amide bonds. The van der Waals surface area contributed by atoms with E-state index in [0.717, 1.165) is 18.1 Å². The standard InChI is InChI=1S/C14H28N2/c1-3-12(2)16-10-6-9-14(11-16)15-13-7-4-5-8-13/h12-15H,3-11H2,1-2H3. The van der Waals surface area contributed by atoms with Crippen LogP contribution < -0.4 is 5.32 Å². The second kappa shape index (κ2) is 6.02. The largest absolute Gasteiger partial charge is 0.310 e. The lowest BCUT2D eigenvalue weighted by Crippen LogP contribution is -2.50. The van der Waals surface area contributed by atoms with Gasteiger partial charge in [0.25, 0.3) is 0 Å². The van der Waals surface area contributed by atoms with E-state index in [9.17, 15) is 0 Å². The summed E-state index contributed by atoms with van der Waals surface area (Å²) in [6.07, 6.45) is 9.78. The molecule has 1 saturated heterocycles. The van der Waals surface area contributed by atoms with Gasteiger partial charge in [-0.2, -0.15) is 0 Å². The van der Waals surface area contributed by atoms with Crippen LogP contribution in [0.15, 0.2) is 0 Å². The average molecular weight is 224 g/mol. The van der Waals surface area contributed by atoms with Gasteiger partial charge >= 0.3 is 0 Å². The van der Waals surface area contributed by atoms with Crippen molar-refractivity contribution in [3.05, 3.63) is 0 Å². The first kappa shape index (κ1) is 12.4. The molecule has 0 aromatic carbocycles. The summed E-state index contributed by atoms with van der Waals surface area (Å²) in [4.78, 5) is 2.68. The Kier molecular flexibility index (Phi) is 4.66. The molecule has 1 aliphatic carbocycles. The first-order valence-electron chi connectivity index (χ1n) is 7.29. The third-order valence-corrected chi connectivity index (χ3v) is 4.49. The van der Waals surface area contributed by atoms with Crippen molar-refractivity contribution in [2.75, 3.05) is 13.1 Å². The summed E-state index contributed by atoms with van der Waals surface area (Å²) < 4.78 is 0. The normalized spacial score (nSPS) is 30.8. The van der Waals surface area contributed by atoms with Gasteiger partial charge in [0.2, 0.25) is 0 Å². The lowest BCUT2D eigenvalue weighted by Gasteiger charge is -2.38. The van der Waals surface area contributed by atoms with Crippen molar-refractivity contribution in [1.29, 1.82) is 0 Å². The van der Waals surface area contributed by atoms with Gasteiger partial charge in [0, 0.05) is 24.7 Å². The number of piperidine rings is 1. The van der Waals surface area contributed by atoms with E-state index in [2.05, 4.69) is 24.1 Å². The molecule has 2 fully saturated rings. The highest BCUT2D eigenvalue weighted by molar-refractivity contribution is 4.85. The maximum atomic E-state index is 3.89. The Morgan fingerprint density at radius 1 is 1.12 bits per heavy atom. The smallest absolute Gasteiger partial charge is 0.0198 e. The van der Waals surface area contributed by atoms with Crippen molar-refractivity contribution in [2.24, 2.45) is 0 Å². The lowest BCUT2D eigenvalue weighted by atomic mass is 10.0. The van der Waals surface area contributed by atoms with Crippen LogP contribution in [0, 0.1) is 0 Å². The number of rotatable bonds is 4. The van der Waals surface area contributed by atoms with Crippen molar-refractivity contribution in [3.8, 4) is 0 Å². The number of likely N-dealkylation sites (tertiary alicyclic amines) is 1. The fourth-order valence-electron chi connectivity index (χ4n) is 3.23. The van der Waals surface area contributed by atoms with E-state index < -0.39 is 0 Å². The molecule has 2 atom stereocenters. The Hall–Kier alpha value is -0.0800. The van der Waals surface area contributed by atoms with Crippen molar-refractivity contribution >= 4 is 0 Å². The molecule has 1 heterocycles. The lowest BCUT2D eigenvalue weighted by molar-refractivity contribution is 0.137. The fraction of sp³-hybridized carbons (Fsp3) is 1.00. The van der Waals surface area contributed by atoms with Crippen LogP contribution in [0.3, 0.4) is 0 Å². The van der Waals surface area contributed by atoms with E-state index in [1.54, 1.807) is 0 Å². The summed E-state index contributed by atoms with van der Waals surface area (Å²) in [5, 5.41) is 3.89. The zero-order valence-electron chi connectivity index (χ0n) is 11.0. The summed E-state index contributed by atoms with van der Waals surface area (Å²) in [5.74, 6) is 0. The summed E-state index contributed by atoms with van der Waals surface area (Å²) in [7, 11) is 0. The van der Waals surface area contributed by atoms with Crippen LogP contribution >= 0.6 is 0 Å². The first-order chi connectivity index (χ1) is 7.79. The Balaban J connectivity index is 1.77. The molecule has 0 aromatic heterocycles. The highest BCUT2D eigenvalue weighted by Gasteiger charge is 2.25. The molecular weight excluding hydrogens is 196 g/mol. The molecule has 1 N–H and O–H groups in total. The van der Waals surface area contributed by atoms with Crippen LogP contribution in [0.5, 0.6) is 0 Å². The van der Waals surface area contributed by atoms with Gasteiger partial charge in [-0.15, -0.1) is 0 Å². The first-order valence-corrected chi connectivity index (χ1v) is 7.29. The van der Waals surface area contributed by atoms with Crippen molar-refractivity contribution in [1.82, 2.24) is 10.2 Å². The van der Waals surface area contributed by atoms with Gasteiger partial charge in [-0.1, -0.05) is 19.8 Å². The van der Waals surface area contributed by atoms with Crippen LogP contribution in [0.1, 0.15) is 58.8 Å². The third kappa shape index (κ3) is 3.21. The molecule has 2 aliphatic rings. The fourth-order valence-corrected chi connectivity index (χ4v) is 3.23. The Morgan fingerprint density at radius 2 is 1.81 bits per heavy atom. The predicted molar refractivity (Wildman–Crippen MR) is 69.7 cm³/mol. The molecule has 2 unspecified atom stereocenters. The Bertz CT molecular complexity index is 199. The molecule has 1 aliphatic heterocycles. The van der Waals surface area contributed by atoms with Crippen molar-refractivity contribution in [2.45, 2.75) is 76.9 Å². The summed E-state index contributed by atoms with van der Waals surface area (Å²) in [6.45, 7) is 7.28. The molecule has 2 nitrogen and oxygen atoms in total. The number of nitrogens with one attached hydrogen (secondary N) is 1. The summed E-state index contributed by atoms with van der Waals surface area (Å²) in [5.41, 5.74) is 0. The molecule has 0 radical (unpaired) electrons. The topological polar surface area (TPSA) is 15.3 Å². The third-order valence-electron chi connectivity index (χ3n) is 4.49. The van der Waals surface area contributed by atoms with Crippen LogP contribution in [0.25, 0.3) is 0 Å². The molecule has 0 bridgehead atoms. The van der Waals surface area contributed by atoms with E-state index in [1.165, 1.54) is 58.0 Å². The quantitative estimate of drug-likeness (QED) is 0.790. The SMILES string of the molecule is CCC(C)N1CCCC(NC2CCCC2)C1. The predicted octanol–water partition coefficient (Wildman–Crippen LogP) is 2.78. The zero-order chi connectivity index (χ0) is 11.4. The molecule has 1 saturated carbocycles.